The molecule has 0 heterocycles. The van der Waals surface area contributed by atoms with Crippen LogP contribution in [0.1, 0.15) is 29.5 Å². The van der Waals surface area contributed by atoms with Gasteiger partial charge in [-0.25, -0.2) is 0 Å². The third-order valence-corrected chi connectivity index (χ3v) is 5.98. The lowest BCUT2D eigenvalue weighted by molar-refractivity contribution is -0.139. The zero-order valence-electron chi connectivity index (χ0n) is 18.6. The fourth-order valence-corrected chi connectivity index (χ4v) is 4.14. The number of alkyl halides is 3. The first kappa shape index (κ1) is 26.1. The second kappa shape index (κ2) is 11.8. The third-order valence-electron chi connectivity index (χ3n) is 5.72. The van der Waals surface area contributed by atoms with Gasteiger partial charge in [0.05, 0.1) is 24.3 Å². The molecule has 3 aromatic carbocycles. The summed E-state index contributed by atoms with van der Waals surface area (Å²) in [6.45, 7) is -0.452. The Balaban J connectivity index is 1.64. The minimum absolute atomic E-state index is 0.148. The summed E-state index contributed by atoms with van der Waals surface area (Å²) in [5, 5.41) is 11.7. The Kier molecular flexibility index (Phi) is 9.03. The van der Waals surface area contributed by atoms with Gasteiger partial charge in [-0.2, -0.15) is 13.2 Å². The Bertz CT molecular complexity index is 1100. The van der Waals surface area contributed by atoms with Crippen LogP contribution < -0.4 is 10.5 Å². The normalized spacial score (nSPS) is 13.8. The molecule has 9 heteroatoms. The summed E-state index contributed by atoms with van der Waals surface area (Å²) in [5.41, 5.74) is 5.49. The number of halogens is 3. The van der Waals surface area contributed by atoms with Crippen LogP contribution in [0.4, 0.5) is 13.2 Å². The van der Waals surface area contributed by atoms with Crippen LogP contribution in [0, 0.1) is 0 Å². The first-order chi connectivity index (χ1) is 16.3. The third kappa shape index (κ3) is 7.00. The predicted octanol–water partition coefficient (Wildman–Crippen LogP) is 5.45. The highest BCUT2D eigenvalue weighted by Crippen LogP contribution is 2.37. The zero-order valence-corrected chi connectivity index (χ0v) is 19.6. The Morgan fingerprint density at radius 1 is 1.00 bits per heavy atom. The molecule has 0 radical (unpaired) electrons. The molecule has 2 atom stereocenters. The summed E-state index contributed by atoms with van der Waals surface area (Å²) in [5.74, 6) is -0.216. The summed E-state index contributed by atoms with van der Waals surface area (Å²) in [6, 6.07) is 17.9. The van der Waals surface area contributed by atoms with Gasteiger partial charge in [0.25, 0.3) is 0 Å². The quantitative estimate of drug-likeness (QED) is 0.259. The highest BCUT2D eigenvalue weighted by molar-refractivity contribution is 7.17. The van der Waals surface area contributed by atoms with Gasteiger partial charge in [-0.05, 0) is 64.3 Å². The molecule has 0 saturated carbocycles. The smallest absolute Gasteiger partial charge is 0.493 e. The van der Waals surface area contributed by atoms with Gasteiger partial charge in [0, 0.05) is 0 Å². The summed E-state index contributed by atoms with van der Waals surface area (Å²) in [7, 11) is -1.03. The van der Waals surface area contributed by atoms with Gasteiger partial charge in [0.1, 0.15) is 12.4 Å². The highest BCUT2D eigenvalue weighted by Gasteiger charge is 2.35. The van der Waals surface area contributed by atoms with E-state index in [0.29, 0.717) is 18.4 Å². The van der Waals surface area contributed by atoms with Crippen molar-refractivity contribution >= 4 is 19.5 Å². The fourth-order valence-electron chi connectivity index (χ4n) is 3.80. The molecule has 0 fully saturated rings. The van der Waals surface area contributed by atoms with E-state index in [1.165, 1.54) is 6.07 Å². The second-order valence-corrected chi connectivity index (χ2v) is 8.77. The number of fused-ring (bicyclic) bond motifs is 1. The maximum Gasteiger partial charge on any atom is 0.494 e. The molecule has 0 aliphatic carbocycles. The van der Waals surface area contributed by atoms with Crippen LogP contribution in [0.2, 0.25) is 0 Å². The fraction of sp³-hybridized carbons (Fsp3) is 0.360. The molecule has 0 saturated heterocycles. The van der Waals surface area contributed by atoms with Crippen LogP contribution in [-0.2, 0) is 28.1 Å². The zero-order chi connectivity index (χ0) is 24.6. The number of aryl methyl sites for hydroxylation is 2. The first-order valence-corrected chi connectivity index (χ1v) is 11.8. The van der Waals surface area contributed by atoms with Crippen molar-refractivity contribution in [1.29, 1.82) is 0 Å². The largest absolute Gasteiger partial charge is 0.494 e. The Morgan fingerprint density at radius 2 is 1.76 bits per heavy atom. The van der Waals surface area contributed by atoms with Crippen LogP contribution >= 0.6 is 8.69 Å². The van der Waals surface area contributed by atoms with E-state index in [4.69, 9.17) is 15.0 Å². The maximum absolute atomic E-state index is 13.7. The van der Waals surface area contributed by atoms with Gasteiger partial charge >= 0.3 is 14.9 Å². The van der Waals surface area contributed by atoms with Gasteiger partial charge in [0.15, 0.2) is 0 Å². The number of rotatable bonds is 12. The van der Waals surface area contributed by atoms with E-state index in [-0.39, 0.29) is 31.8 Å². The molecular weight excluding hydrogens is 466 g/mol. The molecule has 3 aromatic rings. The van der Waals surface area contributed by atoms with Crippen LogP contribution in [0.15, 0.2) is 60.7 Å². The number of nitrogens with two attached hydrogens (primary N) is 1. The molecule has 3 rings (SSSR count). The molecule has 2 unspecified atom stereocenters. The van der Waals surface area contributed by atoms with Crippen LogP contribution in [0.25, 0.3) is 10.8 Å². The van der Waals surface area contributed by atoms with Gasteiger partial charge in [-0.1, -0.05) is 48.5 Å². The van der Waals surface area contributed by atoms with Gasteiger partial charge < -0.3 is 15.6 Å². The van der Waals surface area contributed by atoms with Gasteiger partial charge in [0.2, 0.25) is 0 Å². The van der Waals surface area contributed by atoms with E-state index in [0.717, 1.165) is 22.4 Å². The molecule has 0 spiro atoms. The number of aliphatic hydroxyl groups excluding tert-OH is 1. The van der Waals surface area contributed by atoms with E-state index < -0.39 is 32.6 Å². The van der Waals surface area contributed by atoms with Crippen molar-refractivity contribution in [2.75, 3.05) is 19.8 Å². The molecule has 182 valence electrons. The van der Waals surface area contributed by atoms with Crippen LogP contribution in [0.5, 0.6) is 5.75 Å². The van der Waals surface area contributed by atoms with E-state index in [9.17, 15) is 22.8 Å². The Hall–Kier alpha value is -2.51. The minimum atomic E-state index is -4.58. The Labute approximate surface area is 198 Å². The lowest BCUT2D eigenvalue weighted by atomic mass is 9.93. The van der Waals surface area contributed by atoms with Gasteiger partial charge in [-0.3, -0.25) is 0 Å². The monoisotopic (exact) mass is 494 g/mol. The molecule has 0 amide bonds. The van der Waals surface area contributed by atoms with Crippen LogP contribution in [0.3, 0.4) is 0 Å². The van der Waals surface area contributed by atoms with Gasteiger partial charge in [-0.15, -0.1) is 4.52 Å². The van der Waals surface area contributed by atoms with Crippen molar-refractivity contribution in [3.05, 3.63) is 77.4 Å². The van der Waals surface area contributed by atoms with Crippen LogP contribution in [-0.4, -0.2) is 30.5 Å². The van der Waals surface area contributed by atoms with Crippen molar-refractivity contribution in [3.8, 4) is 5.75 Å². The predicted molar refractivity (Wildman–Crippen MR) is 126 cm³/mol. The molecular formula is C25H28F3NO4P+. The van der Waals surface area contributed by atoms with E-state index >= 15 is 0 Å². The Morgan fingerprint density at radius 3 is 2.50 bits per heavy atom. The molecule has 0 aromatic heterocycles. The number of hydrogen-bond donors (Lipinski definition) is 2. The molecule has 34 heavy (non-hydrogen) atoms. The highest BCUT2D eigenvalue weighted by atomic mass is 31.1. The molecule has 3 N–H and O–H groups in total. The summed E-state index contributed by atoms with van der Waals surface area (Å²) in [6.07, 6.45) is -2.97. The summed E-state index contributed by atoms with van der Waals surface area (Å²) in [4.78, 5) is 0. The molecule has 0 aliphatic rings. The number of aliphatic hydroxyl groups is 1. The molecule has 5 nitrogen and oxygen atoms in total. The lowest BCUT2D eigenvalue weighted by Gasteiger charge is -2.24. The van der Waals surface area contributed by atoms with Crippen molar-refractivity contribution < 1.29 is 32.1 Å². The van der Waals surface area contributed by atoms with Crippen molar-refractivity contribution in [3.63, 3.8) is 0 Å². The van der Waals surface area contributed by atoms with Crippen molar-refractivity contribution in [2.45, 2.75) is 37.4 Å². The van der Waals surface area contributed by atoms with E-state index in [1.54, 1.807) is 6.07 Å². The number of benzene rings is 3. The van der Waals surface area contributed by atoms with E-state index in [2.05, 4.69) is 0 Å². The molecule has 0 bridgehead atoms. The van der Waals surface area contributed by atoms with E-state index in [1.807, 2.05) is 42.5 Å². The topological polar surface area (TPSA) is 81.8 Å². The number of hydrogen-bond acceptors (Lipinski definition) is 5. The lowest BCUT2D eigenvalue weighted by Crippen LogP contribution is -2.47. The van der Waals surface area contributed by atoms with Crippen molar-refractivity contribution in [2.24, 2.45) is 5.73 Å². The minimum Gasteiger partial charge on any atom is -0.493 e. The van der Waals surface area contributed by atoms with Crippen molar-refractivity contribution in [1.82, 2.24) is 0 Å². The standard InChI is InChI=1S/C25H28F3NO4P/c26-25(27,28)22-15-18(12-13-24(29,16-30)17-33-34-31)10-11-23(22)32-14-4-8-20-7-3-6-19-5-1-2-9-21(19)20/h1-3,5-7,9-11,15,30,34H,4,8,12-14,16-17,29H2/q+1. The number of ether oxygens (including phenoxy) is 1. The molecule has 0 aliphatic heterocycles. The first-order valence-electron chi connectivity index (χ1n) is 10.9. The second-order valence-electron chi connectivity index (χ2n) is 8.31. The SMILES string of the molecule is NC(CO)(CCc1ccc(OCCCc2cccc3ccccc23)c(C(F)(F)F)c1)CO[PH+]=O. The summed E-state index contributed by atoms with van der Waals surface area (Å²) >= 11 is 0. The maximum atomic E-state index is 13.7. The average molecular weight is 494 g/mol. The summed E-state index contributed by atoms with van der Waals surface area (Å²) < 4.78 is 61.9. The average Bonchev–Trinajstić information content (AvgIpc) is 2.84.